The van der Waals surface area contributed by atoms with E-state index in [0.29, 0.717) is 0 Å². The molecule has 0 spiro atoms. The Bertz CT molecular complexity index is 493. The van der Waals surface area contributed by atoms with E-state index in [1.54, 1.807) is 10.9 Å². The number of rotatable bonds is 4. The van der Waals surface area contributed by atoms with Crippen molar-refractivity contribution < 1.29 is 4.74 Å². The van der Waals surface area contributed by atoms with Gasteiger partial charge in [-0.2, -0.15) is 5.10 Å². The van der Waals surface area contributed by atoms with E-state index in [9.17, 15) is 0 Å². The summed E-state index contributed by atoms with van der Waals surface area (Å²) < 4.78 is 7.50. The Labute approximate surface area is 101 Å². The Kier molecular flexibility index (Phi) is 3.44. The first-order chi connectivity index (χ1) is 8.20. The highest BCUT2D eigenvalue weighted by atomic mass is 16.5. The molecule has 90 valence electrons. The summed E-state index contributed by atoms with van der Waals surface area (Å²) in [6.07, 6.45) is 4.40. The summed E-state index contributed by atoms with van der Waals surface area (Å²) in [4.78, 5) is 0. The van der Waals surface area contributed by atoms with E-state index in [4.69, 9.17) is 10.5 Å². The Hall–Kier alpha value is -1.81. The Morgan fingerprint density at radius 1 is 1.41 bits per heavy atom. The number of nitrogens with zero attached hydrogens (tertiary/aromatic N) is 2. The number of nitrogens with two attached hydrogens (primary N) is 1. The second-order valence-electron chi connectivity index (χ2n) is 4.00. The van der Waals surface area contributed by atoms with E-state index in [0.717, 1.165) is 23.5 Å². The first kappa shape index (κ1) is 11.7. The van der Waals surface area contributed by atoms with Gasteiger partial charge in [-0.15, -0.1) is 0 Å². The van der Waals surface area contributed by atoms with Crippen LogP contribution in [-0.4, -0.2) is 9.78 Å². The quantitative estimate of drug-likeness (QED) is 0.880. The van der Waals surface area contributed by atoms with Crippen LogP contribution in [0.4, 0.5) is 0 Å². The molecule has 17 heavy (non-hydrogen) atoms. The van der Waals surface area contributed by atoms with Crippen LogP contribution in [0, 0.1) is 0 Å². The van der Waals surface area contributed by atoms with Crippen LogP contribution >= 0.6 is 0 Å². The molecule has 0 aliphatic heterocycles. The van der Waals surface area contributed by atoms with Crippen LogP contribution in [0.2, 0.25) is 0 Å². The minimum absolute atomic E-state index is 0.00266. The number of ether oxygens (including phenoxy) is 1. The molecule has 1 aromatic carbocycles. The zero-order chi connectivity index (χ0) is 12.3. The van der Waals surface area contributed by atoms with Crippen LogP contribution in [0.25, 0.3) is 0 Å². The van der Waals surface area contributed by atoms with Crippen molar-refractivity contribution in [3.8, 4) is 11.5 Å². The lowest BCUT2D eigenvalue weighted by Gasteiger charge is -2.14. The Balaban J connectivity index is 2.26. The Morgan fingerprint density at radius 2 is 2.18 bits per heavy atom. The molecule has 1 heterocycles. The van der Waals surface area contributed by atoms with E-state index in [1.807, 2.05) is 37.5 Å². The van der Waals surface area contributed by atoms with Gasteiger partial charge < -0.3 is 10.5 Å². The fraction of sp³-hybridized carbons (Fsp3) is 0.308. The monoisotopic (exact) mass is 231 g/mol. The first-order valence-electron chi connectivity index (χ1n) is 5.71. The average Bonchev–Trinajstić information content (AvgIpc) is 2.74. The molecule has 0 aliphatic rings. The van der Waals surface area contributed by atoms with Crippen molar-refractivity contribution in [2.24, 2.45) is 12.8 Å². The molecule has 4 heteroatoms. The molecule has 0 radical (unpaired) electrons. The van der Waals surface area contributed by atoms with Crippen molar-refractivity contribution in [3.63, 3.8) is 0 Å². The van der Waals surface area contributed by atoms with Gasteiger partial charge in [0.1, 0.15) is 5.75 Å². The van der Waals surface area contributed by atoms with Crippen molar-refractivity contribution in [1.82, 2.24) is 9.78 Å². The number of benzene rings is 1. The number of hydrogen-bond donors (Lipinski definition) is 1. The third-order valence-corrected chi connectivity index (χ3v) is 2.67. The maximum Gasteiger partial charge on any atom is 0.165 e. The lowest BCUT2D eigenvalue weighted by atomic mass is 10.0. The number of hydrogen-bond acceptors (Lipinski definition) is 3. The topological polar surface area (TPSA) is 53.1 Å². The fourth-order valence-electron chi connectivity index (χ4n) is 1.68. The third-order valence-electron chi connectivity index (χ3n) is 2.67. The van der Waals surface area contributed by atoms with Crippen molar-refractivity contribution in [2.45, 2.75) is 19.4 Å². The predicted molar refractivity (Wildman–Crippen MR) is 66.9 cm³/mol. The average molecular weight is 231 g/mol. The number of para-hydroxylation sites is 1. The molecule has 1 atom stereocenters. The number of aryl methyl sites for hydroxylation is 1. The fourth-order valence-corrected chi connectivity index (χ4v) is 1.68. The molecule has 2 N–H and O–H groups in total. The van der Waals surface area contributed by atoms with E-state index >= 15 is 0 Å². The molecule has 0 saturated heterocycles. The highest BCUT2D eigenvalue weighted by Crippen LogP contribution is 2.29. The van der Waals surface area contributed by atoms with Crippen LogP contribution in [0.15, 0.2) is 36.7 Å². The van der Waals surface area contributed by atoms with E-state index in [2.05, 4.69) is 12.0 Å². The van der Waals surface area contributed by atoms with Crippen molar-refractivity contribution in [1.29, 1.82) is 0 Å². The van der Waals surface area contributed by atoms with Gasteiger partial charge in [0, 0.05) is 18.7 Å². The normalized spacial score (nSPS) is 12.4. The lowest BCUT2D eigenvalue weighted by molar-refractivity contribution is 0.468. The van der Waals surface area contributed by atoms with E-state index in [-0.39, 0.29) is 6.04 Å². The second kappa shape index (κ2) is 5.01. The summed E-state index contributed by atoms with van der Waals surface area (Å²) in [6, 6.07) is 7.85. The summed E-state index contributed by atoms with van der Waals surface area (Å²) in [5, 5.41) is 4.07. The molecule has 0 unspecified atom stereocenters. The Morgan fingerprint density at radius 3 is 2.82 bits per heavy atom. The van der Waals surface area contributed by atoms with Crippen LogP contribution in [0.1, 0.15) is 24.9 Å². The summed E-state index contributed by atoms with van der Waals surface area (Å²) in [6.45, 7) is 2.06. The summed E-state index contributed by atoms with van der Waals surface area (Å²) >= 11 is 0. The van der Waals surface area contributed by atoms with Gasteiger partial charge in [-0.3, -0.25) is 4.68 Å². The standard InChI is InChI=1S/C13H17N3O/c1-3-12(14)11-6-4-5-7-13(11)17-10-8-15-16(2)9-10/h4-9,12H,3,14H2,1-2H3/t12-/m1/s1. The van der Waals surface area contributed by atoms with Crippen LogP contribution in [0.5, 0.6) is 11.5 Å². The van der Waals surface area contributed by atoms with E-state index in [1.165, 1.54) is 0 Å². The molecule has 0 saturated carbocycles. The molecule has 0 amide bonds. The van der Waals surface area contributed by atoms with Crippen molar-refractivity contribution >= 4 is 0 Å². The molecule has 2 rings (SSSR count). The van der Waals surface area contributed by atoms with Gasteiger partial charge >= 0.3 is 0 Å². The zero-order valence-electron chi connectivity index (χ0n) is 10.1. The van der Waals surface area contributed by atoms with Gasteiger partial charge in [-0.05, 0) is 12.5 Å². The summed E-state index contributed by atoms with van der Waals surface area (Å²) in [5.41, 5.74) is 7.08. The van der Waals surface area contributed by atoms with Gasteiger partial charge in [0.05, 0.1) is 12.4 Å². The molecule has 0 aliphatic carbocycles. The smallest absolute Gasteiger partial charge is 0.165 e. The van der Waals surface area contributed by atoms with Crippen molar-refractivity contribution in [3.05, 3.63) is 42.2 Å². The molecule has 0 fully saturated rings. The largest absolute Gasteiger partial charge is 0.454 e. The molecule has 4 nitrogen and oxygen atoms in total. The molecular formula is C13H17N3O. The lowest BCUT2D eigenvalue weighted by Crippen LogP contribution is -2.09. The van der Waals surface area contributed by atoms with Gasteiger partial charge in [-0.25, -0.2) is 0 Å². The zero-order valence-corrected chi connectivity index (χ0v) is 10.1. The summed E-state index contributed by atoms with van der Waals surface area (Å²) in [7, 11) is 1.86. The van der Waals surface area contributed by atoms with Crippen LogP contribution < -0.4 is 10.5 Å². The minimum Gasteiger partial charge on any atom is -0.454 e. The van der Waals surface area contributed by atoms with Crippen LogP contribution in [-0.2, 0) is 7.05 Å². The minimum atomic E-state index is 0.00266. The maximum atomic E-state index is 6.05. The van der Waals surface area contributed by atoms with Crippen LogP contribution in [0.3, 0.4) is 0 Å². The molecular weight excluding hydrogens is 214 g/mol. The van der Waals surface area contributed by atoms with Gasteiger partial charge in [0.2, 0.25) is 0 Å². The second-order valence-corrected chi connectivity index (χ2v) is 4.00. The van der Waals surface area contributed by atoms with Crippen molar-refractivity contribution in [2.75, 3.05) is 0 Å². The highest BCUT2D eigenvalue weighted by molar-refractivity contribution is 5.38. The third kappa shape index (κ3) is 2.65. The molecule has 2 aromatic rings. The summed E-state index contributed by atoms with van der Waals surface area (Å²) in [5.74, 6) is 1.53. The van der Waals surface area contributed by atoms with Gasteiger partial charge in [0.25, 0.3) is 0 Å². The predicted octanol–water partition coefficient (Wildman–Crippen LogP) is 2.62. The number of aromatic nitrogens is 2. The molecule has 1 aromatic heterocycles. The van der Waals surface area contributed by atoms with E-state index < -0.39 is 0 Å². The van der Waals surface area contributed by atoms with Gasteiger partial charge in [-0.1, -0.05) is 25.1 Å². The molecule has 0 bridgehead atoms. The highest BCUT2D eigenvalue weighted by Gasteiger charge is 2.10. The SMILES string of the molecule is CC[C@@H](N)c1ccccc1Oc1cnn(C)c1. The first-order valence-corrected chi connectivity index (χ1v) is 5.71. The maximum absolute atomic E-state index is 6.05. The van der Waals surface area contributed by atoms with Gasteiger partial charge in [0.15, 0.2) is 5.75 Å².